The molecule has 10 nitrogen and oxygen atoms in total. The molecule has 1 aromatic heterocycles. The summed E-state index contributed by atoms with van der Waals surface area (Å²) in [5.41, 5.74) is 8.13. The second kappa shape index (κ2) is 15.0. The van der Waals surface area contributed by atoms with Crippen LogP contribution in [0.25, 0.3) is 0 Å². The Morgan fingerprint density at radius 2 is 1.33 bits per heavy atom. The maximum atomic E-state index is 12.1. The zero-order valence-electron chi connectivity index (χ0n) is 19.9. The Balaban J connectivity index is 0.000000247. The van der Waals surface area contributed by atoms with E-state index in [0.717, 1.165) is 0 Å². The molecule has 4 N–H and O–H groups in total. The summed E-state index contributed by atoms with van der Waals surface area (Å²) in [6.07, 6.45) is 0. The summed E-state index contributed by atoms with van der Waals surface area (Å²) in [7, 11) is 0. The first-order valence-corrected chi connectivity index (χ1v) is 10.9. The van der Waals surface area contributed by atoms with Crippen molar-refractivity contribution in [3.8, 4) is 0 Å². The van der Waals surface area contributed by atoms with Gasteiger partial charge in [0.2, 0.25) is 6.04 Å². The highest BCUT2D eigenvalue weighted by Gasteiger charge is 2.23. The minimum absolute atomic E-state index is 0.148. The molecule has 10 heteroatoms. The van der Waals surface area contributed by atoms with E-state index in [1.54, 1.807) is 55.5 Å². The summed E-state index contributed by atoms with van der Waals surface area (Å²) in [6, 6.07) is 28.7. The van der Waals surface area contributed by atoms with Gasteiger partial charge in [0.15, 0.2) is 11.5 Å². The van der Waals surface area contributed by atoms with Gasteiger partial charge in [-0.2, -0.15) is 15.3 Å². The second-order valence-electron chi connectivity index (χ2n) is 7.24. The van der Waals surface area contributed by atoms with Gasteiger partial charge in [-0.15, -0.1) is 0 Å². The third-order valence-electron chi connectivity index (χ3n) is 4.43. The Bertz CT molecular complexity index is 1270. The number of amides is 1. The highest BCUT2D eigenvalue weighted by molar-refractivity contribution is 6.10. The number of hydrogen-bond donors (Lipinski definition) is 4. The summed E-state index contributed by atoms with van der Waals surface area (Å²) >= 11 is 0. The third kappa shape index (κ3) is 9.48. The number of Topliss-reactive ketones (excluding diaryl/α,β-unsaturated/α-hetero) is 1. The Kier molecular flexibility index (Phi) is 11.4. The first-order chi connectivity index (χ1) is 17.4. The lowest BCUT2D eigenvalue weighted by atomic mass is 10.2. The van der Waals surface area contributed by atoms with Gasteiger partial charge in [0.25, 0.3) is 11.5 Å². The second-order valence-corrected chi connectivity index (χ2v) is 7.24. The number of aryl methyl sites for hydroxylation is 1. The van der Waals surface area contributed by atoms with E-state index in [0.29, 0.717) is 17.1 Å². The summed E-state index contributed by atoms with van der Waals surface area (Å²) in [6.45, 7) is 2.99. The van der Waals surface area contributed by atoms with Crippen molar-refractivity contribution in [1.82, 2.24) is 10.2 Å². The van der Waals surface area contributed by atoms with Gasteiger partial charge in [0.1, 0.15) is 0 Å². The maximum Gasteiger partial charge on any atom is 0.291 e. The van der Waals surface area contributed by atoms with Crippen LogP contribution >= 0.6 is 0 Å². The van der Waals surface area contributed by atoms with Crippen LogP contribution in [-0.2, 0) is 9.59 Å². The number of aromatic amines is 2. The molecule has 1 amide bonds. The van der Waals surface area contributed by atoms with Crippen LogP contribution in [0.2, 0.25) is 0 Å². The molecule has 1 heterocycles. The zero-order valence-corrected chi connectivity index (χ0v) is 19.9. The van der Waals surface area contributed by atoms with Crippen LogP contribution in [0, 0.1) is 12.5 Å². The number of H-pyrrole nitrogens is 2. The van der Waals surface area contributed by atoms with Crippen molar-refractivity contribution in [2.45, 2.75) is 19.9 Å². The monoisotopic (exact) mass is 485 g/mol. The molecule has 3 aromatic carbocycles. The van der Waals surface area contributed by atoms with Crippen molar-refractivity contribution in [2.75, 3.05) is 5.32 Å². The van der Waals surface area contributed by atoms with Gasteiger partial charge < -0.3 is 10.4 Å². The van der Waals surface area contributed by atoms with E-state index in [9.17, 15) is 14.4 Å². The van der Waals surface area contributed by atoms with Crippen LogP contribution < -0.4 is 10.9 Å². The molecule has 0 spiro atoms. The summed E-state index contributed by atoms with van der Waals surface area (Å²) in [5.74, 6) is -0.850. The normalized spacial score (nSPS) is 10.7. The van der Waals surface area contributed by atoms with Crippen LogP contribution in [0.3, 0.4) is 0 Å². The van der Waals surface area contributed by atoms with Crippen LogP contribution in [0.5, 0.6) is 0 Å². The largest absolute Gasteiger partial charge is 0.324 e. The number of aromatic nitrogens is 2. The van der Waals surface area contributed by atoms with Gasteiger partial charge in [-0.05, 0) is 38.1 Å². The van der Waals surface area contributed by atoms with E-state index in [1.807, 2.05) is 48.5 Å². The van der Waals surface area contributed by atoms with Crippen molar-refractivity contribution in [2.24, 2.45) is 15.3 Å². The van der Waals surface area contributed by atoms with Gasteiger partial charge >= 0.3 is 0 Å². The predicted octanol–water partition coefficient (Wildman–Crippen LogP) is 5.73. The number of ketones is 1. The number of carbonyl (C=O) groups is 2. The molecule has 1 atom stereocenters. The molecule has 0 bridgehead atoms. The predicted molar refractivity (Wildman–Crippen MR) is 138 cm³/mol. The van der Waals surface area contributed by atoms with E-state index >= 15 is 0 Å². The van der Waals surface area contributed by atoms with Gasteiger partial charge in [-0.25, -0.2) is 5.53 Å². The molecule has 0 saturated heterocycles. The summed E-state index contributed by atoms with van der Waals surface area (Å²) in [4.78, 5) is 34.2. The molecule has 184 valence electrons. The molecule has 0 aliphatic heterocycles. The van der Waals surface area contributed by atoms with E-state index in [-0.39, 0.29) is 17.0 Å². The van der Waals surface area contributed by atoms with Crippen LogP contribution in [0.1, 0.15) is 12.6 Å². The number of carbonyl (C=O) groups excluding carboxylic acids is 2. The van der Waals surface area contributed by atoms with Crippen molar-refractivity contribution in [3.63, 3.8) is 0 Å². The van der Waals surface area contributed by atoms with Crippen molar-refractivity contribution in [1.29, 1.82) is 5.53 Å². The average molecular weight is 486 g/mol. The lowest BCUT2D eigenvalue weighted by Gasteiger charge is -2.09. The quantitative estimate of drug-likeness (QED) is 0.203. The molecule has 0 saturated carbocycles. The van der Waals surface area contributed by atoms with Crippen LogP contribution in [0.15, 0.2) is 117 Å². The number of anilines is 1. The molecule has 0 fully saturated rings. The lowest BCUT2D eigenvalue weighted by molar-refractivity contribution is -0.126. The zero-order chi connectivity index (χ0) is 26.2. The molecule has 1 unspecified atom stereocenters. The molecule has 0 radical (unpaired) electrons. The van der Waals surface area contributed by atoms with Gasteiger partial charge in [-0.1, -0.05) is 72.8 Å². The third-order valence-corrected chi connectivity index (χ3v) is 4.43. The van der Waals surface area contributed by atoms with Gasteiger partial charge in [-0.3, -0.25) is 19.5 Å². The fourth-order valence-corrected chi connectivity index (χ4v) is 2.63. The van der Waals surface area contributed by atoms with Crippen molar-refractivity contribution in [3.05, 3.63) is 113 Å². The molecule has 0 aliphatic rings. The Morgan fingerprint density at radius 1 is 0.833 bits per heavy atom. The Morgan fingerprint density at radius 3 is 1.75 bits per heavy atom. The fourth-order valence-electron chi connectivity index (χ4n) is 2.63. The molecule has 4 rings (SSSR count). The topological polar surface area (TPSA) is 156 Å². The average Bonchev–Trinajstić information content (AvgIpc) is 3.23. The Hall–Kier alpha value is -4.99. The van der Waals surface area contributed by atoms with Crippen molar-refractivity contribution < 1.29 is 9.59 Å². The highest BCUT2D eigenvalue weighted by Crippen LogP contribution is 2.13. The number of hydrogen-bond acceptors (Lipinski definition) is 7. The van der Waals surface area contributed by atoms with E-state index in [2.05, 4.69) is 30.9 Å². The van der Waals surface area contributed by atoms with E-state index in [4.69, 9.17) is 5.53 Å². The van der Waals surface area contributed by atoms with E-state index in [1.165, 1.54) is 6.92 Å². The summed E-state index contributed by atoms with van der Waals surface area (Å²) in [5, 5.41) is 18.3. The number of benzene rings is 3. The minimum Gasteiger partial charge on any atom is -0.324 e. The number of rotatable bonds is 6. The maximum absolute atomic E-state index is 12.1. The van der Waals surface area contributed by atoms with Crippen LogP contribution in [-0.4, -0.2) is 27.9 Å². The first-order valence-electron chi connectivity index (χ1n) is 10.9. The number of para-hydroxylation sites is 1. The minimum atomic E-state index is -1.15. The van der Waals surface area contributed by atoms with E-state index < -0.39 is 11.9 Å². The molecular formula is C26H27N7O3. The SMILES string of the molecule is CC(=O)C(N=Nc1ccccc1)C(=O)Nc1ccccc1.Cc1[nH][nH]c(=O)c1N=N.c1ccccc1. The van der Waals surface area contributed by atoms with Gasteiger partial charge in [0, 0.05) is 5.69 Å². The molecule has 36 heavy (non-hydrogen) atoms. The molecular weight excluding hydrogens is 458 g/mol. The number of azo groups is 1. The fraction of sp³-hybridized carbons (Fsp3) is 0.115. The first kappa shape index (κ1) is 27.3. The standard InChI is InChI=1S/C16H15N3O2.C6H6.C4H6N4O/c1-12(20)15(19-18-14-10-6-3-7-11-14)16(21)17-13-8-4-2-5-9-13;1-2-4-6-5-3-1;1-2-3(6-5)4(9)8-7-2/h2-11,15H,1H3,(H,17,21);1-6H;5H,1H3,(H2,7,8,9). The lowest BCUT2D eigenvalue weighted by Crippen LogP contribution is -2.31. The molecule has 0 aliphatic carbocycles. The summed E-state index contributed by atoms with van der Waals surface area (Å²) < 4.78 is 0. The smallest absolute Gasteiger partial charge is 0.291 e. The van der Waals surface area contributed by atoms with Gasteiger partial charge in [0.05, 0.1) is 11.4 Å². The Labute approximate surface area is 208 Å². The highest BCUT2D eigenvalue weighted by atomic mass is 16.2. The van der Waals surface area contributed by atoms with Crippen molar-refractivity contribution >= 4 is 28.8 Å². The number of nitrogens with zero attached hydrogens (tertiary/aromatic N) is 3. The molecule has 4 aromatic rings. The number of nitrogens with one attached hydrogen (secondary N) is 4. The van der Waals surface area contributed by atoms with Crippen LogP contribution in [0.4, 0.5) is 17.1 Å².